The van der Waals surface area contributed by atoms with Gasteiger partial charge < -0.3 is 4.57 Å². The molecule has 0 aromatic carbocycles. The van der Waals surface area contributed by atoms with Crippen molar-refractivity contribution in [1.82, 2.24) is 4.57 Å². The predicted molar refractivity (Wildman–Crippen MR) is 40.4 cm³/mol. The van der Waals surface area contributed by atoms with E-state index in [9.17, 15) is 0 Å². The van der Waals surface area contributed by atoms with Gasteiger partial charge in [0.2, 0.25) is 0 Å². The van der Waals surface area contributed by atoms with Gasteiger partial charge in [0.05, 0.1) is 0 Å². The van der Waals surface area contributed by atoms with Crippen LogP contribution >= 0.6 is 15.9 Å². The molecule has 1 fully saturated rings. The van der Waals surface area contributed by atoms with Crippen LogP contribution in [0.1, 0.15) is 18.9 Å². The summed E-state index contributed by atoms with van der Waals surface area (Å²) >= 11 is 3.41. The number of halogens is 1. The molecule has 1 aromatic rings. The molecular weight excluding hydrogens is 178 g/mol. The number of rotatable bonds is 1. The van der Waals surface area contributed by atoms with E-state index in [0.29, 0.717) is 0 Å². The molecule has 1 saturated carbocycles. The Morgan fingerprint density at radius 2 is 2.33 bits per heavy atom. The number of hydrogen-bond acceptors (Lipinski definition) is 0. The molecule has 1 aliphatic rings. The largest absolute Gasteiger partial charge is 0.350 e. The van der Waals surface area contributed by atoms with Gasteiger partial charge in [-0.25, -0.2) is 0 Å². The van der Waals surface area contributed by atoms with Crippen molar-refractivity contribution in [2.45, 2.75) is 18.9 Å². The van der Waals surface area contributed by atoms with Gasteiger partial charge in [-0.15, -0.1) is 0 Å². The maximum Gasteiger partial charge on any atom is 0.0352 e. The third kappa shape index (κ3) is 1.04. The van der Waals surface area contributed by atoms with Crippen LogP contribution < -0.4 is 0 Å². The van der Waals surface area contributed by atoms with E-state index >= 15 is 0 Å². The third-order valence-electron chi connectivity index (χ3n) is 1.65. The molecule has 48 valence electrons. The summed E-state index contributed by atoms with van der Waals surface area (Å²) in [6.45, 7) is 0. The molecule has 1 nitrogen and oxygen atoms in total. The summed E-state index contributed by atoms with van der Waals surface area (Å²) in [6.07, 6.45) is 6.99. The molecule has 0 amide bonds. The molecule has 0 unspecified atom stereocenters. The Kier molecular flexibility index (Phi) is 1.15. The summed E-state index contributed by atoms with van der Waals surface area (Å²) < 4.78 is 3.46. The monoisotopic (exact) mass is 185 g/mol. The quantitative estimate of drug-likeness (QED) is 0.635. The predicted octanol–water partition coefficient (Wildman–Crippen LogP) is 2.59. The molecule has 1 aliphatic carbocycles. The highest BCUT2D eigenvalue weighted by atomic mass is 79.9. The highest BCUT2D eigenvalue weighted by molar-refractivity contribution is 9.10. The minimum absolute atomic E-state index is 0.816. The van der Waals surface area contributed by atoms with Crippen LogP contribution in [0.2, 0.25) is 0 Å². The van der Waals surface area contributed by atoms with E-state index in [1.54, 1.807) is 0 Å². The van der Waals surface area contributed by atoms with Crippen molar-refractivity contribution < 1.29 is 0 Å². The van der Waals surface area contributed by atoms with Crippen LogP contribution in [0.25, 0.3) is 0 Å². The first kappa shape index (κ1) is 5.54. The van der Waals surface area contributed by atoms with Crippen molar-refractivity contribution >= 4 is 15.9 Å². The molecule has 1 heterocycles. The van der Waals surface area contributed by atoms with Crippen LogP contribution in [-0.4, -0.2) is 4.57 Å². The highest BCUT2D eigenvalue weighted by Gasteiger charge is 2.22. The Morgan fingerprint density at radius 3 is 2.78 bits per heavy atom. The molecule has 0 atom stereocenters. The lowest BCUT2D eigenvalue weighted by atomic mass is 10.7. The second kappa shape index (κ2) is 1.87. The van der Waals surface area contributed by atoms with E-state index in [0.717, 1.165) is 6.04 Å². The van der Waals surface area contributed by atoms with Crippen LogP contribution in [0.3, 0.4) is 0 Å². The van der Waals surface area contributed by atoms with Crippen LogP contribution in [0.4, 0.5) is 0 Å². The van der Waals surface area contributed by atoms with E-state index in [2.05, 4.69) is 39.0 Å². The van der Waals surface area contributed by atoms with Crippen LogP contribution in [0.15, 0.2) is 22.9 Å². The zero-order chi connectivity index (χ0) is 6.27. The topological polar surface area (TPSA) is 4.93 Å². The summed E-state index contributed by atoms with van der Waals surface area (Å²) in [6, 6.07) is 2.90. The zero-order valence-electron chi connectivity index (χ0n) is 5.05. The van der Waals surface area contributed by atoms with Crippen LogP contribution in [0.5, 0.6) is 0 Å². The fourth-order valence-corrected chi connectivity index (χ4v) is 1.34. The standard InChI is InChI=1S/C7H8BrN/c8-6-3-4-9(5-6)7-1-2-7/h3-5,7H,1-2H2. The van der Waals surface area contributed by atoms with Gasteiger partial charge in [0.1, 0.15) is 0 Å². The van der Waals surface area contributed by atoms with Gasteiger partial charge in [-0.1, -0.05) is 0 Å². The summed E-state index contributed by atoms with van der Waals surface area (Å²) in [5.41, 5.74) is 0. The Balaban J connectivity index is 2.28. The van der Waals surface area contributed by atoms with Crippen molar-refractivity contribution in [2.24, 2.45) is 0 Å². The lowest BCUT2D eigenvalue weighted by Crippen LogP contribution is -1.85. The number of aromatic nitrogens is 1. The average molecular weight is 186 g/mol. The Morgan fingerprint density at radius 1 is 1.56 bits per heavy atom. The van der Waals surface area contributed by atoms with Crippen LogP contribution in [-0.2, 0) is 0 Å². The van der Waals surface area contributed by atoms with Gasteiger partial charge >= 0.3 is 0 Å². The van der Waals surface area contributed by atoms with Gasteiger partial charge in [0.25, 0.3) is 0 Å². The van der Waals surface area contributed by atoms with Gasteiger partial charge in [-0.2, -0.15) is 0 Å². The summed E-state index contributed by atoms with van der Waals surface area (Å²) in [5, 5.41) is 0. The van der Waals surface area contributed by atoms with Crippen molar-refractivity contribution in [2.75, 3.05) is 0 Å². The molecule has 0 radical (unpaired) electrons. The van der Waals surface area contributed by atoms with Gasteiger partial charge in [0.15, 0.2) is 0 Å². The third-order valence-corrected chi connectivity index (χ3v) is 2.12. The minimum Gasteiger partial charge on any atom is -0.350 e. The normalized spacial score (nSPS) is 18.3. The summed E-state index contributed by atoms with van der Waals surface area (Å²) in [4.78, 5) is 0. The van der Waals surface area contributed by atoms with Crippen molar-refractivity contribution in [1.29, 1.82) is 0 Å². The lowest BCUT2D eigenvalue weighted by Gasteiger charge is -1.93. The Labute approximate surface area is 62.8 Å². The SMILES string of the molecule is Brc1ccn(C2CC2)c1. The summed E-state index contributed by atoms with van der Waals surface area (Å²) in [7, 11) is 0. The second-order valence-electron chi connectivity index (χ2n) is 2.51. The van der Waals surface area contributed by atoms with Crippen molar-refractivity contribution in [3.05, 3.63) is 22.9 Å². The van der Waals surface area contributed by atoms with Gasteiger partial charge in [-0.05, 0) is 34.8 Å². The highest BCUT2D eigenvalue weighted by Crippen LogP contribution is 2.35. The molecule has 0 bridgehead atoms. The first-order chi connectivity index (χ1) is 4.36. The van der Waals surface area contributed by atoms with Crippen LogP contribution in [0, 0.1) is 0 Å². The summed E-state index contributed by atoms with van der Waals surface area (Å²) in [5.74, 6) is 0. The van der Waals surface area contributed by atoms with Gasteiger partial charge in [0, 0.05) is 22.9 Å². The molecule has 1 aromatic heterocycles. The molecule has 0 saturated heterocycles. The molecule has 2 heteroatoms. The minimum atomic E-state index is 0.816. The smallest absolute Gasteiger partial charge is 0.0352 e. The van der Waals surface area contributed by atoms with E-state index in [-0.39, 0.29) is 0 Å². The fraction of sp³-hybridized carbons (Fsp3) is 0.429. The molecule has 9 heavy (non-hydrogen) atoms. The zero-order valence-corrected chi connectivity index (χ0v) is 6.63. The van der Waals surface area contributed by atoms with E-state index < -0.39 is 0 Å². The number of nitrogens with zero attached hydrogens (tertiary/aromatic N) is 1. The van der Waals surface area contributed by atoms with E-state index in [1.165, 1.54) is 17.3 Å². The van der Waals surface area contributed by atoms with Gasteiger partial charge in [-0.3, -0.25) is 0 Å². The molecular formula is C7H8BrN. The molecule has 2 rings (SSSR count). The molecule has 0 aliphatic heterocycles. The molecule has 0 spiro atoms. The maximum atomic E-state index is 3.41. The van der Waals surface area contributed by atoms with E-state index in [4.69, 9.17) is 0 Å². The van der Waals surface area contributed by atoms with Crippen molar-refractivity contribution in [3.63, 3.8) is 0 Å². The second-order valence-corrected chi connectivity index (χ2v) is 3.42. The Hall–Kier alpha value is -0.240. The first-order valence-electron chi connectivity index (χ1n) is 3.19. The maximum absolute atomic E-state index is 3.41. The first-order valence-corrected chi connectivity index (χ1v) is 3.98. The fourth-order valence-electron chi connectivity index (χ4n) is 0.986. The lowest BCUT2D eigenvalue weighted by molar-refractivity contribution is 0.747. The average Bonchev–Trinajstić information content (AvgIpc) is 2.58. The molecule has 0 N–H and O–H groups in total. The number of hydrogen-bond donors (Lipinski definition) is 0. The van der Waals surface area contributed by atoms with E-state index in [1.807, 2.05) is 0 Å². The van der Waals surface area contributed by atoms with Crippen molar-refractivity contribution in [3.8, 4) is 0 Å². The Bertz CT molecular complexity index is 212.